The minimum atomic E-state index is -0.369. The molecule has 0 unspecified atom stereocenters. The van der Waals surface area contributed by atoms with E-state index in [0.29, 0.717) is 33.4 Å². The van der Waals surface area contributed by atoms with Gasteiger partial charge < -0.3 is 15.4 Å². The van der Waals surface area contributed by atoms with E-state index in [4.69, 9.17) is 16.3 Å². The van der Waals surface area contributed by atoms with Gasteiger partial charge in [0.1, 0.15) is 11.6 Å². The van der Waals surface area contributed by atoms with Crippen molar-refractivity contribution in [1.82, 2.24) is 4.98 Å². The summed E-state index contributed by atoms with van der Waals surface area (Å²) in [7, 11) is 1.55. The van der Waals surface area contributed by atoms with E-state index in [9.17, 15) is 9.18 Å². The quantitative estimate of drug-likeness (QED) is 0.671. The number of carbonyl (C=O) groups excluding carboxylic acids is 1. The Morgan fingerprint density at radius 1 is 1.08 bits per heavy atom. The fraction of sp³-hybridized carbons (Fsp3) is 0.0526. The predicted molar refractivity (Wildman–Crippen MR) is 99.9 cm³/mol. The summed E-state index contributed by atoms with van der Waals surface area (Å²) in [6.07, 6.45) is 3.02. The number of methoxy groups -OCH3 is 1. The van der Waals surface area contributed by atoms with Gasteiger partial charge in [0.2, 0.25) is 0 Å². The van der Waals surface area contributed by atoms with Crippen LogP contribution in [0.5, 0.6) is 5.75 Å². The Bertz CT molecular complexity index is 932. The Hall–Kier alpha value is -3.12. The Kier molecular flexibility index (Phi) is 5.34. The third-order valence-corrected chi connectivity index (χ3v) is 3.78. The monoisotopic (exact) mass is 371 g/mol. The number of ether oxygens (including phenoxy) is 1. The van der Waals surface area contributed by atoms with E-state index in [1.807, 2.05) is 0 Å². The SMILES string of the molecule is COc1ccc(Cl)cc1Nc1cncc(C(=O)Nc2ccc(F)cc2)c1. The van der Waals surface area contributed by atoms with Crippen molar-refractivity contribution in [3.05, 3.63) is 77.3 Å². The third kappa shape index (κ3) is 4.29. The highest BCUT2D eigenvalue weighted by Gasteiger charge is 2.10. The first kappa shape index (κ1) is 17.7. The van der Waals surface area contributed by atoms with Crippen LogP contribution in [0.25, 0.3) is 0 Å². The Morgan fingerprint density at radius 2 is 1.85 bits per heavy atom. The summed E-state index contributed by atoms with van der Waals surface area (Å²) >= 11 is 6.02. The maximum Gasteiger partial charge on any atom is 0.257 e. The number of rotatable bonds is 5. The molecule has 0 aliphatic carbocycles. The normalized spacial score (nSPS) is 10.3. The van der Waals surface area contributed by atoms with Crippen LogP contribution in [-0.2, 0) is 0 Å². The zero-order valence-corrected chi connectivity index (χ0v) is 14.5. The molecular weight excluding hydrogens is 357 g/mol. The second-order valence-electron chi connectivity index (χ2n) is 5.39. The van der Waals surface area contributed by atoms with E-state index in [0.717, 1.165) is 0 Å². The summed E-state index contributed by atoms with van der Waals surface area (Å²) in [5.74, 6) is -0.118. The molecule has 0 saturated carbocycles. The second kappa shape index (κ2) is 7.84. The summed E-state index contributed by atoms with van der Waals surface area (Å²) in [6, 6.07) is 12.3. The second-order valence-corrected chi connectivity index (χ2v) is 5.83. The zero-order valence-electron chi connectivity index (χ0n) is 13.8. The first-order chi connectivity index (χ1) is 12.5. The van der Waals surface area contributed by atoms with Gasteiger partial charge in [0.05, 0.1) is 30.2 Å². The van der Waals surface area contributed by atoms with Crippen LogP contribution in [-0.4, -0.2) is 18.0 Å². The summed E-state index contributed by atoms with van der Waals surface area (Å²) < 4.78 is 18.2. The number of pyridine rings is 1. The number of nitrogens with zero attached hydrogens (tertiary/aromatic N) is 1. The summed E-state index contributed by atoms with van der Waals surface area (Å²) in [4.78, 5) is 16.4. The van der Waals surface area contributed by atoms with Crippen molar-refractivity contribution in [3.63, 3.8) is 0 Å². The highest BCUT2D eigenvalue weighted by Crippen LogP contribution is 2.30. The molecule has 0 saturated heterocycles. The van der Waals surface area contributed by atoms with Crippen LogP contribution >= 0.6 is 11.6 Å². The van der Waals surface area contributed by atoms with Gasteiger partial charge >= 0.3 is 0 Å². The fourth-order valence-corrected chi connectivity index (χ4v) is 2.47. The topological polar surface area (TPSA) is 63.2 Å². The van der Waals surface area contributed by atoms with Crippen molar-refractivity contribution >= 4 is 34.6 Å². The van der Waals surface area contributed by atoms with E-state index in [1.54, 1.807) is 37.6 Å². The molecule has 0 bridgehead atoms. The van der Waals surface area contributed by atoms with Gasteiger partial charge in [0.15, 0.2) is 0 Å². The molecule has 1 amide bonds. The first-order valence-corrected chi connectivity index (χ1v) is 8.05. The molecule has 0 spiro atoms. The van der Waals surface area contributed by atoms with Gasteiger partial charge in [-0.2, -0.15) is 0 Å². The van der Waals surface area contributed by atoms with Crippen LogP contribution in [0.3, 0.4) is 0 Å². The van der Waals surface area contributed by atoms with Crippen LogP contribution < -0.4 is 15.4 Å². The van der Waals surface area contributed by atoms with Crippen LogP contribution in [0.15, 0.2) is 60.9 Å². The molecule has 2 aromatic carbocycles. The average Bonchev–Trinajstić information content (AvgIpc) is 2.64. The van der Waals surface area contributed by atoms with Gasteiger partial charge in [-0.1, -0.05) is 11.6 Å². The average molecular weight is 372 g/mol. The smallest absolute Gasteiger partial charge is 0.257 e. The standard InChI is InChI=1S/C19H15ClFN3O2/c1-26-18-7-2-13(20)9-17(18)23-16-8-12(10-22-11-16)19(25)24-15-5-3-14(21)4-6-15/h2-11,23H,1H3,(H,24,25). The molecule has 1 aromatic heterocycles. The Morgan fingerprint density at radius 3 is 2.58 bits per heavy atom. The van der Waals surface area contributed by atoms with Gasteiger partial charge in [-0.05, 0) is 48.5 Å². The van der Waals surface area contributed by atoms with Gasteiger partial charge in [-0.15, -0.1) is 0 Å². The van der Waals surface area contributed by atoms with Crippen molar-refractivity contribution in [3.8, 4) is 5.75 Å². The molecule has 1 heterocycles. The molecule has 0 fully saturated rings. The van der Waals surface area contributed by atoms with Crippen LogP contribution in [0.4, 0.5) is 21.5 Å². The summed E-state index contributed by atoms with van der Waals surface area (Å²) in [5, 5.41) is 6.37. The lowest BCUT2D eigenvalue weighted by Gasteiger charge is -2.12. The van der Waals surface area contributed by atoms with Crippen molar-refractivity contribution in [1.29, 1.82) is 0 Å². The van der Waals surface area contributed by atoms with Crippen molar-refractivity contribution in [2.45, 2.75) is 0 Å². The van der Waals surface area contributed by atoms with Crippen molar-refractivity contribution in [2.75, 3.05) is 17.7 Å². The molecule has 26 heavy (non-hydrogen) atoms. The number of carbonyl (C=O) groups is 1. The molecule has 5 nitrogen and oxygen atoms in total. The number of halogens is 2. The van der Waals surface area contributed by atoms with Gasteiger partial charge in [0, 0.05) is 16.9 Å². The Balaban J connectivity index is 1.79. The molecule has 132 valence electrons. The fourth-order valence-electron chi connectivity index (χ4n) is 2.30. The molecular formula is C19H15ClFN3O2. The number of anilines is 3. The number of nitrogens with one attached hydrogen (secondary N) is 2. The summed E-state index contributed by atoms with van der Waals surface area (Å²) in [5.41, 5.74) is 2.09. The number of hydrogen-bond donors (Lipinski definition) is 2. The highest BCUT2D eigenvalue weighted by molar-refractivity contribution is 6.31. The molecule has 0 radical (unpaired) electrons. The van der Waals surface area contributed by atoms with Crippen LogP contribution in [0.2, 0.25) is 5.02 Å². The summed E-state index contributed by atoms with van der Waals surface area (Å²) in [6.45, 7) is 0. The molecule has 3 aromatic rings. The first-order valence-electron chi connectivity index (χ1n) is 7.67. The highest BCUT2D eigenvalue weighted by atomic mass is 35.5. The van der Waals surface area contributed by atoms with Gasteiger partial charge in [0.25, 0.3) is 5.91 Å². The van der Waals surface area contributed by atoms with Crippen molar-refractivity contribution < 1.29 is 13.9 Å². The van der Waals surface area contributed by atoms with E-state index < -0.39 is 0 Å². The lowest BCUT2D eigenvalue weighted by Crippen LogP contribution is -2.12. The largest absolute Gasteiger partial charge is 0.495 e. The molecule has 3 rings (SSSR count). The molecule has 2 N–H and O–H groups in total. The minimum Gasteiger partial charge on any atom is -0.495 e. The minimum absolute atomic E-state index is 0.348. The van der Waals surface area contributed by atoms with E-state index in [1.165, 1.54) is 30.5 Å². The molecule has 0 aliphatic heterocycles. The number of hydrogen-bond acceptors (Lipinski definition) is 4. The molecule has 7 heteroatoms. The zero-order chi connectivity index (χ0) is 18.5. The maximum absolute atomic E-state index is 12.9. The lowest BCUT2D eigenvalue weighted by atomic mass is 10.2. The molecule has 0 aliphatic rings. The third-order valence-electron chi connectivity index (χ3n) is 3.54. The van der Waals surface area contributed by atoms with Crippen LogP contribution in [0.1, 0.15) is 10.4 Å². The van der Waals surface area contributed by atoms with Crippen molar-refractivity contribution in [2.24, 2.45) is 0 Å². The number of amides is 1. The van der Waals surface area contributed by atoms with Gasteiger partial charge in [-0.3, -0.25) is 9.78 Å². The lowest BCUT2D eigenvalue weighted by molar-refractivity contribution is 0.102. The van der Waals surface area contributed by atoms with Gasteiger partial charge in [-0.25, -0.2) is 4.39 Å². The van der Waals surface area contributed by atoms with E-state index in [-0.39, 0.29) is 11.7 Å². The predicted octanol–water partition coefficient (Wildman–Crippen LogP) is 4.88. The number of aromatic nitrogens is 1. The van der Waals surface area contributed by atoms with Crippen LogP contribution in [0, 0.1) is 5.82 Å². The van der Waals surface area contributed by atoms with E-state index >= 15 is 0 Å². The Labute approximate surface area is 154 Å². The molecule has 0 atom stereocenters. The number of benzene rings is 2. The maximum atomic E-state index is 12.9. The van der Waals surface area contributed by atoms with E-state index in [2.05, 4.69) is 15.6 Å².